The number of carbonyl (C=O) groups excluding carboxylic acids is 2. The Hall–Kier alpha value is -4.81. The van der Waals surface area contributed by atoms with E-state index >= 15 is 4.79 Å². The van der Waals surface area contributed by atoms with Crippen molar-refractivity contribution in [2.24, 2.45) is 5.92 Å². The first-order valence-corrected chi connectivity index (χ1v) is 20.2. The summed E-state index contributed by atoms with van der Waals surface area (Å²) < 4.78 is 8.48. The summed E-state index contributed by atoms with van der Waals surface area (Å²) in [5, 5.41) is 14.1. The van der Waals surface area contributed by atoms with Crippen LogP contribution in [0.1, 0.15) is 30.0 Å². The van der Waals surface area contributed by atoms with Crippen LogP contribution in [0.2, 0.25) is 18.6 Å². The van der Waals surface area contributed by atoms with Gasteiger partial charge in [0.2, 0.25) is 5.91 Å². The summed E-state index contributed by atoms with van der Waals surface area (Å²) in [6.07, 6.45) is -0.281. The molecule has 0 aliphatic carbocycles. The predicted octanol–water partition coefficient (Wildman–Crippen LogP) is 5.13. The van der Waals surface area contributed by atoms with Crippen molar-refractivity contribution >= 4 is 42.4 Å². The first-order valence-electron chi connectivity index (χ1n) is 17.1. The van der Waals surface area contributed by atoms with Gasteiger partial charge in [-0.05, 0) is 73.1 Å². The van der Waals surface area contributed by atoms with Gasteiger partial charge in [0, 0.05) is 29.3 Å². The fourth-order valence-electron chi connectivity index (χ4n) is 8.74. The number of benzene rings is 4. The number of aromatic amines is 1. The van der Waals surface area contributed by atoms with Crippen LogP contribution >= 0.6 is 0 Å². The largest absolute Gasteiger partial charge is 0.432 e. The highest BCUT2D eigenvalue weighted by molar-refractivity contribution is 6.71. The molecule has 3 aliphatic heterocycles. The van der Waals surface area contributed by atoms with Gasteiger partial charge in [0.25, 0.3) is 11.5 Å². The zero-order valence-corrected chi connectivity index (χ0v) is 29.2. The van der Waals surface area contributed by atoms with Crippen LogP contribution in [-0.4, -0.2) is 63.5 Å². The van der Waals surface area contributed by atoms with E-state index in [1.807, 2.05) is 111 Å². The summed E-state index contributed by atoms with van der Waals surface area (Å²) in [5.41, 5.74) is 3.01. The fourth-order valence-corrected chi connectivity index (χ4v) is 11.3. The van der Waals surface area contributed by atoms with Crippen LogP contribution < -0.4 is 10.5 Å². The highest BCUT2D eigenvalue weighted by Crippen LogP contribution is 2.61. The lowest BCUT2D eigenvalue weighted by Gasteiger charge is -2.37. The van der Waals surface area contributed by atoms with Crippen molar-refractivity contribution in [3.8, 4) is 5.69 Å². The molecule has 0 saturated carbocycles. The first-order chi connectivity index (χ1) is 24.0. The minimum Gasteiger partial charge on any atom is -0.432 e. The molecule has 0 radical (unpaired) electrons. The average Bonchev–Trinajstić information content (AvgIpc) is 3.70. The zero-order valence-electron chi connectivity index (χ0n) is 28.2. The van der Waals surface area contributed by atoms with E-state index in [0.29, 0.717) is 46.5 Å². The Morgan fingerprint density at radius 1 is 0.940 bits per heavy atom. The predicted molar refractivity (Wildman–Crippen MR) is 193 cm³/mol. The summed E-state index contributed by atoms with van der Waals surface area (Å²) >= 11 is 0. The van der Waals surface area contributed by atoms with E-state index in [9.17, 15) is 19.5 Å². The van der Waals surface area contributed by atoms with Crippen LogP contribution in [0, 0.1) is 5.92 Å². The Balaban J connectivity index is 1.23. The third kappa shape index (κ3) is 4.90. The van der Waals surface area contributed by atoms with Crippen molar-refractivity contribution < 1.29 is 24.2 Å². The van der Waals surface area contributed by atoms with Gasteiger partial charge in [-0.15, -0.1) is 0 Å². The van der Waals surface area contributed by atoms with E-state index in [2.05, 4.69) is 5.10 Å². The minimum absolute atomic E-state index is 0.0540. The molecular formula is C39H40N4O6Si. The van der Waals surface area contributed by atoms with Crippen molar-refractivity contribution in [2.75, 3.05) is 11.5 Å². The highest BCUT2D eigenvalue weighted by Gasteiger charge is 2.67. The second-order valence-electron chi connectivity index (χ2n) is 14.4. The van der Waals surface area contributed by atoms with E-state index in [0.717, 1.165) is 11.1 Å². The number of aromatic nitrogens is 2. The lowest BCUT2D eigenvalue weighted by molar-refractivity contribution is -0.150. The zero-order chi connectivity index (χ0) is 34.9. The molecule has 5 aromatic rings. The number of nitrogens with zero attached hydrogens (tertiary/aromatic N) is 3. The number of nitrogens with one attached hydrogen (secondary N) is 1. The second-order valence-corrected chi connectivity index (χ2v) is 18.3. The first kappa shape index (κ1) is 32.4. The molecule has 8 rings (SSSR count). The van der Waals surface area contributed by atoms with Crippen LogP contribution in [0.3, 0.4) is 0 Å². The number of para-hydroxylation sites is 2. The molecule has 4 aromatic carbocycles. The van der Waals surface area contributed by atoms with Gasteiger partial charge in [-0.3, -0.25) is 24.4 Å². The van der Waals surface area contributed by atoms with Gasteiger partial charge >= 0.3 is 0 Å². The number of H-pyrrole nitrogens is 1. The van der Waals surface area contributed by atoms with E-state index in [1.165, 1.54) is 4.68 Å². The molecule has 0 bridgehead atoms. The van der Waals surface area contributed by atoms with Gasteiger partial charge in [0.05, 0.1) is 47.5 Å². The molecule has 3 N–H and O–H groups in total. The smallest absolute Gasteiger partial charge is 0.279 e. The van der Waals surface area contributed by atoms with Gasteiger partial charge in [0.1, 0.15) is 0 Å². The van der Waals surface area contributed by atoms with Gasteiger partial charge < -0.3 is 19.5 Å². The molecule has 0 unspecified atom stereocenters. The number of anilines is 2. The summed E-state index contributed by atoms with van der Waals surface area (Å²) in [6.45, 7) is 5.79. The number of hydrogen-bond donors (Lipinski definition) is 3. The lowest BCUT2D eigenvalue weighted by atomic mass is 9.82. The molecule has 50 heavy (non-hydrogen) atoms. The summed E-state index contributed by atoms with van der Waals surface area (Å²) in [7, 11) is -3.08. The van der Waals surface area contributed by atoms with Crippen LogP contribution in [0.25, 0.3) is 16.6 Å². The normalized spacial score (nSPS) is 24.6. The molecule has 1 aromatic heterocycles. The number of ether oxygens (including phenoxy) is 1. The molecule has 256 valence electrons. The van der Waals surface area contributed by atoms with Gasteiger partial charge in [-0.1, -0.05) is 61.5 Å². The number of hydrogen-bond acceptors (Lipinski definition) is 6. The van der Waals surface area contributed by atoms with Gasteiger partial charge in [0.15, 0.2) is 13.9 Å². The SMILES string of the molecule is C[C@@H]1[C@@H]([Si](C)(C)O)[C@H](CC(=O)N2Cc3ccccc3C[C@H]2CO)O[C@@]12C(=O)N(c1ccccc1)c1ccc(-n3[nH]c4ccccc4c3=O)cc12. The molecule has 1 spiro atoms. The quantitative estimate of drug-likeness (QED) is 0.212. The fraction of sp³-hybridized carbons (Fsp3) is 0.308. The van der Waals surface area contributed by atoms with Gasteiger partial charge in [-0.25, -0.2) is 4.68 Å². The number of fused-ring (bicyclic) bond motifs is 4. The Morgan fingerprint density at radius 3 is 2.36 bits per heavy atom. The standard InChI is InChI=1S/C39H40N4O6Si/c1-24-36(50(2,3)48)34(21-35(45)41-22-26-12-8-7-11-25(26)19-29(41)23-44)49-39(24)31-20-28(43-37(46)30-15-9-10-16-32(30)40-43)17-18-33(31)42(38(39)47)27-13-5-4-6-14-27/h4-18,20,24,29,34,36,40,44,48H,19,21-23H2,1-3H3/t24-,29+,34+,36-,39+/m1/s1. The number of aliphatic hydroxyl groups is 1. The van der Waals surface area contributed by atoms with Crippen molar-refractivity contribution in [3.63, 3.8) is 0 Å². The van der Waals surface area contributed by atoms with Crippen molar-refractivity contribution in [3.05, 3.63) is 124 Å². The maximum Gasteiger partial charge on any atom is 0.279 e. The minimum atomic E-state index is -3.08. The monoisotopic (exact) mass is 688 g/mol. The maximum absolute atomic E-state index is 15.0. The van der Waals surface area contributed by atoms with Crippen LogP contribution in [0.5, 0.6) is 0 Å². The number of carbonyl (C=O) groups is 2. The molecule has 5 atom stereocenters. The molecular weight excluding hydrogens is 649 g/mol. The number of rotatable bonds is 6. The number of aliphatic hydroxyl groups excluding tert-OH is 1. The number of amides is 2. The molecule has 4 heterocycles. The second kappa shape index (κ2) is 11.9. The molecule has 1 saturated heterocycles. The Kier molecular flexibility index (Phi) is 7.72. The van der Waals surface area contributed by atoms with E-state index in [-0.39, 0.29) is 36.4 Å². The Bertz CT molecular complexity index is 2190. The Morgan fingerprint density at radius 2 is 1.64 bits per heavy atom. The Labute approximate surface area is 290 Å². The van der Waals surface area contributed by atoms with Crippen molar-refractivity contribution in [1.82, 2.24) is 14.7 Å². The third-order valence-electron chi connectivity index (χ3n) is 11.0. The maximum atomic E-state index is 15.0. The van der Waals surface area contributed by atoms with Gasteiger partial charge in [-0.2, -0.15) is 0 Å². The van der Waals surface area contributed by atoms with Crippen LogP contribution in [0.4, 0.5) is 11.4 Å². The molecule has 11 heteroatoms. The average molecular weight is 689 g/mol. The van der Waals surface area contributed by atoms with E-state index in [1.54, 1.807) is 15.9 Å². The molecule has 1 fully saturated rings. The van der Waals surface area contributed by atoms with Crippen LogP contribution in [-0.2, 0) is 32.9 Å². The lowest BCUT2D eigenvalue weighted by Crippen LogP contribution is -2.48. The highest BCUT2D eigenvalue weighted by atomic mass is 28.4. The molecule has 2 amide bonds. The summed E-state index contributed by atoms with van der Waals surface area (Å²) in [6, 6.07) is 29.7. The topological polar surface area (TPSA) is 128 Å². The van der Waals surface area contributed by atoms with Crippen LogP contribution in [0.15, 0.2) is 102 Å². The van der Waals surface area contributed by atoms with Crippen molar-refractivity contribution in [2.45, 2.75) is 62.7 Å². The van der Waals surface area contributed by atoms with E-state index in [4.69, 9.17) is 4.74 Å². The summed E-state index contributed by atoms with van der Waals surface area (Å²) in [5.74, 6) is -1.01. The molecule has 3 aliphatic rings. The molecule has 10 nitrogen and oxygen atoms in total. The van der Waals surface area contributed by atoms with Crippen molar-refractivity contribution in [1.29, 1.82) is 0 Å². The van der Waals surface area contributed by atoms with E-state index < -0.39 is 31.5 Å². The summed E-state index contributed by atoms with van der Waals surface area (Å²) in [4.78, 5) is 58.0. The third-order valence-corrected chi connectivity index (χ3v) is 13.5.